The van der Waals surface area contributed by atoms with Crippen LogP contribution in [0.2, 0.25) is 0 Å². The summed E-state index contributed by atoms with van der Waals surface area (Å²) < 4.78 is 50.4. The lowest BCUT2D eigenvalue weighted by molar-refractivity contribution is -0.143. The first-order valence-corrected chi connectivity index (χ1v) is 11.2. The number of Topliss-reactive ketones (excluding diaryl/α,β-unsaturated/α-hetero) is 1. The fourth-order valence-corrected chi connectivity index (χ4v) is 5.00. The van der Waals surface area contributed by atoms with Crippen molar-refractivity contribution < 1.29 is 32.2 Å². The van der Waals surface area contributed by atoms with Crippen molar-refractivity contribution in [1.82, 2.24) is 5.32 Å². The van der Waals surface area contributed by atoms with Crippen molar-refractivity contribution in [3.05, 3.63) is 58.4 Å². The number of rotatable bonds is 4. The molecular weight excluding hydrogens is 435 g/mol. The van der Waals surface area contributed by atoms with Crippen LogP contribution in [0.15, 0.2) is 47.3 Å². The monoisotopic (exact) mass is 463 g/mol. The third-order valence-corrected chi connectivity index (χ3v) is 6.48. The Labute approximate surface area is 191 Å². The molecule has 2 aliphatic heterocycles. The van der Waals surface area contributed by atoms with Crippen molar-refractivity contribution in [2.24, 2.45) is 11.3 Å². The topological polar surface area (TPSA) is 64.6 Å². The van der Waals surface area contributed by atoms with Crippen LogP contribution in [0.5, 0.6) is 0 Å². The van der Waals surface area contributed by atoms with E-state index in [1.165, 1.54) is 12.1 Å². The molecule has 0 spiro atoms. The molecule has 33 heavy (non-hydrogen) atoms. The SMILES string of the molecule is CC1=C(C(=O)OCC2CCCO2)C(c2ccc(C(F)(F)F)cc2)C2C(=O)CC(C)(C)C=C2N1. The highest BCUT2D eigenvalue weighted by molar-refractivity contribution is 5.96. The summed E-state index contributed by atoms with van der Waals surface area (Å²) in [5, 5.41) is 3.21. The number of halogens is 3. The van der Waals surface area contributed by atoms with E-state index >= 15 is 0 Å². The highest BCUT2D eigenvalue weighted by Gasteiger charge is 2.46. The molecule has 0 amide bonds. The van der Waals surface area contributed by atoms with E-state index in [1.807, 2.05) is 19.9 Å². The molecule has 8 heteroatoms. The van der Waals surface area contributed by atoms with Gasteiger partial charge in [0, 0.05) is 30.3 Å². The van der Waals surface area contributed by atoms with E-state index in [2.05, 4.69) is 5.32 Å². The summed E-state index contributed by atoms with van der Waals surface area (Å²) in [5.41, 5.74) is 0.799. The van der Waals surface area contributed by atoms with Gasteiger partial charge in [0.1, 0.15) is 12.4 Å². The second kappa shape index (κ2) is 8.63. The Morgan fingerprint density at radius 2 is 1.91 bits per heavy atom. The van der Waals surface area contributed by atoms with E-state index in [0.717, 1.165) is 25.0 Å². The van der Waals surface area contributed by atoms with E-state index in [4.69, 9.17) is 9.47 Å². The lowest BCUT2D eigenvalue weighted by Gasteiger charge is -2.41. The van der Waals surface area contributed by atoms with Crippen LogP contribution in [-0.4, -0.2) is 31.1 Å². The number of alkyl halides is 3. The van der Waals surface area contributed by atoms with Gasteiger partial charge in [0.2, 0.25) is 0 Å². The van der Waals surface area contributed by atoms with Gasteiger partial charge in [0.15, 0.2) is 0 Å². The maximum atomic E-state index is 13.2. The zero-order valence-electron chi connectivity index (χ0n) is 18.9. The standard InChI is InChI=1S/C25H28F3NO4/c1-14-20(23(31)33-13-17-5-4-10-32-17)21(15-6-8-16(9-7-15)25(26,27)28)22-18(29-14)11-24(2,3)12-19(22)30/h6-9,11,17,21-22,29H,4-5,10,12-13H2,1-3H3. The first kappa shape index (κ1) is 23.5. The lowest BCUT2D eigenvalue weighted by atomic mass is 9.66. The summed E-state index contributed by atoms with van der Waals surface area (Å²) in [6.07, 6.45) is -0.680. The van der Waals surface area contributed by atoms with Gasteiger partial charge in [-0.2, -0.15) is 13.2 Å². The van der Waals surface area contributed by atoms with Gasteiger partial charge in [-0.3, -0.25) is 4.79 Å². The Morgan fingerprint density at radius 1 is 1.21 bits per heavy atom. The molecule has 0 aromatic heterocycles. The third-order valence-electron chi connectivity index (χ3n) is 6.48. The first-order valence-electron chi connectivity index (χ1n) is 11.2. The van der Waals surface area contributed by atoms with E-state index in [0.29, 0.717) is 23.6 Å². The summed E-state index contributed by atoms with van der Waals surface area (Å²) in [7, 11) is 0. The highest BCUT2D eigenvalue weighted by Crippen LogP contribution is 2.47. The van der Waals surface area contributed by atoms with Crippen molar-refractivity contribution in [3.8, 4) is 0 Å². The number of esters is 1. The molecule has 1 N–H and O–H groups in total. The Hall–Kier alpha value is -2.61. The summed E-state index contributed by atoms with van der Waals surface area (Å²) >= 11 is 0. The fourth-order valence-electron chi connectivity index (χ4n) is 5.00. The van der Waals surface area contributed by atoms with Crippen LogP contribution in [0.3, 0.4) is 0 Å². The molecule has 1 aliphatic carbocycles. The predicted octanol–water partition coefficient (Wildman–Crippen LogP) is 4.89. The summed E-state index contributed by atoms with van der Waals surface area (Å²) in [6, 6.07) is 4.68. The maximum absolute atomic E-state index is 13.2. The van der Waals surface area contributed by atoms with Crippen LogP contribution in [0.25, 0.3) is 0 Å². The summed E-state index contributed by atoms with van der Waals surface area (Å²) in [6.45, 7) is 6.35. The first-order chi connectivity index (χ1) is 15.5. The molecule has 1 aromatic carbocycles. The maximum Gasteiger partial charge on any atom is 0.416 e. The van der Waals surface area contributed by atoms with Gasteiger partial charge in [-0.1, -0.05) is 32.1 Å². The molecule has 2 heterocycles. The van der Waals surface area contributed by atoms with Gasteiger partial charge in [0.05, 0.1) is 23.2 Å². The smallest absolute Gasteiger partial charge is 0.416 e. The van der Waals surface area contributed by atoms with Crippen molar-refractivity contribution in [3.63, 3.8) is 0 Å². The van der Waals surface area contributed by atoms with E-state index < -0.39 is 29.5 Å². The minimum atomic E-state index is -4.48. The van der Waals surface area contributed by atoms with Gasteiger partial charge in [0.25, 0.3) is 0 Å². The molecule has 1 aromatic rings. The van der Waals surface area contributed by atoms with Gasteiger partial charge in [-0.15, -0.1) is 0 Å². The number of hydrogen-bond acceptors (Lipinski definition) is 5. The number of carbonyl (C=O) groups is 2. The molecule has 5 nitrogen and oxygen atoms in total. The van der Waals surface area contributed by atoms with Gasteiger partial charge in [-0.05, 0) is 42.9 Å². The average molecular weight is 463 g/mol. The minimum Gasteiger partial charge on any atom is -0.460 e. The fraction of sp³-hybridized carbons (Fsp3) is 0.520. The van der Waals surface area contributed by atoms with Crippen molar-refractivity contribution in [1.29, 1.82) is 0 Å². The summed E-state index contributed by atoms with van der Waals surface area (Å²) in [5.74, 6) is -2.08. The predicted molar refractivity (Wildman–Crippen MR) is 115 cm³/mol. The van der Waals surface area contributed by atoms with Gasteiger partial charge >= 0.3 is 12.1 Å². The second-order valence-electron chi connectivity index (χ2n) is 9.70. The molecule has 178 valence electrons. The van der Waals surface area contributed by atoms with Crippen LogP contribution in [-0.2, 0) is 25.2 Å². The molecule has 3 aliphatic rings. The normalized spacial score (nSPS) is 27.0. The number of nitrogens with one attached hydrogen (secondary N) is 1. The van der Waals surface area contributed by atoms with E-state index in [9.17, 15) is 22.8 Å². The molecule has 0 saturated carbocycles. The average Bonchev–Trinajstić information content (AvgIpc) is 3.23. The second-order valence-corrected chi connectivity index (χ2v) is 9.70. The molecule has 3 unspecified atom stereocenters. The molecular formula is C25H28F3NO4. The largest absolute Gasteiger partial charge is 0.460 e. The quantitative estimate of drug-likeness (QED) is 0.645. The number of ether oxygens (including phenoxy) is 2. The van der Waals surface area contributed by atoms with Crippen LogP contribution >= 0.6 is 0 Å². The number of ketones is 1. The zero-order valence-corrected chi connectivity index (χ0v) is 18.9. The number of hydrogen-bond donors (Lipinski definition) is 1. The lowest BCUT2D eigenvalue weighted by Crippen LogP contribution is -2.43. The van der Waals surface area contributed by atoms with E-state index in [-0.39, 0.29) is 35.9 Å². The van der Waals surface area contributed by atoms with Crippen molar-refractivity contribution in [2.45, 2.75) is 58.2 Å². The van der Waals surface area contributed by atoms with Crippen LogP contribution in [0.1, 0.15) is 57.1 Å². The minimum absolute atomic E-state index is 0.0631. The Kier molecular flexibility index (Phi) is 6.16. The molecule has 0 radical (unpaired) electrons. The molecule has 3 atom stereocenters. The number of carbonyl (C=O) groups excluding carboxylic acids is 2. The molecule has 4 rings (SSSR count). The Balaban J connectivity index is 1.73. The van der Waals surface area contributed by atoms with Crippen molar-refractivity contribution >= 4 is 11.8 Å². The Morgan fingerprint density at radius 3 is 2.52 bits per heavy atom. The van der Waals surface area contributed by atoms with Gasteiger partial charge in [-0.25, -0.2) is 4.79 Å². The molecule has 0 bridgehead atoms. The van der Waals surface area contributed by atoms with Crippen molar-refractivity contribution in [2.75, 3.05) is 13.2 Å². The number of fused-ring (bicyclic) bond motifs is 1. The third kappa shape index (κ3) is 4.86. The number of allylic oxidation sites excluding steroid dienone is 3. The van der Waals surface area contributed by atoms with Gasteiger partial charge < -0.3 is 14.8 Å². The molecule has 1 fully saturated rings. The zero-order chi connectivity index (χ0) is 24.0. The number of benzene rings is 1. The molecule has 1 saturated heterocycles. The van der Waals surface area contributed by atoms with Crippen LogP contribution in [0.4, 0.5) is 13.2 Å². The van der Waals surface area contributed by atoms with Crippen LogP contribution in [0, 0.1) is 11.3 Å². The Bertz CT molecular complexity index is 1000. The summed E-state index contributed by atoms with van der Waals surface area (Å²) in [4.78, 5) is 26.4. The van der Waals surface area contributed by atoms with Crippen LogP contribution < -0.4 is 5.32 Å². The highest BCUT2D eigenvalue weighted by atomic mass is 19.4. The van der Waals surface area contributed by atoms with E-state index in [1.54, 1.807) is 6.92 Å².